The molecule has 0 saturated heterocycles. The van der Waals surface area contributed by atoms with Gasteiger partial charge in [-0.15, -0.1) is 0 Å². The van der Waals surface area contributed by atoms with Crippen LogP contribution in [0.5, 0.6) is 0 Å². The van der Waals surface area contributed by atoms with Crippen LogP contribution in [0.2, 0.25) is 0 Å². The van der Waals surface area contributed by atoms with Gasteiger partial charge in [-0.1, -0.05) is 0 Å². The van der Waals surface area contributed by atoms with Crippen molar-refractivity contribution in [3.63, 3.8) is 0 Å². The van der Waals surface area contributed by atoms with Crippen molar-refractivity contribution in [3.05, 3.63) is 36.2 Å². The topological polar surface area (TPSA) is 95.9 Å². The summed E-state index contributed by atoms with van der Waals surface area (Å²) in [5.41, 5.74) is 6.10. The lowest BCUT2D eigenvalue weighted by Crippen LogP contribution is -2.09. The average Bonchev–Trinajstić information content (AvgIpc) is 2.72. The Labute approximate surface area is 104 Å². The highest BCUT2D eigenvalue weighted by Crippen LogP contribution is 2.11. The Morgan fingerprint density at radius 1 is 1.44 bits per heavy atom. The quantitative estimate of drug-likeness (QED) is 0.789. The van der Waals surface area contributed by atoms with E-state index in [1.807, 2.05) is 0 Å². The summed E-state index contributed by atoms with van der Waals surface area (Å²) in [5.74, 6) is 0.0677. The second-order valence-corrected chi connectivity index (χ2v) is 3.52. The van der Waals surface area contributed by atoms with Crippen molar-refractivity contribution in [3.8, 4) is 0 Å². The van der Waals surface area contributed by atoms with Crippen molar-refractivity contribution < 1.29 is 9.53 Å². The molecule has 0 spiro atoms. The maximum absolute atomic E-state index is 11.5. The molecule has 2 heterocycles. The molecule has 94 valence electrons. The fourth-order valence-corrected chi connectivity index (χ4v) is 1.43. The summed E-state index contributed by atoms with van der Waals surface area (Å²) >= 11 is 0. The molecule has 2 aromatic heterocycles. The standard InChI is InChI=1S/C11H13N5O2/c1-2-18-11(17)10-8(12)6-16(15-10)7-9-13-4-3-5-14-9/h3-6H,2,7,12H2,1H3. The van der Waals surface area contributed by atoms with Gasteiger partial charge in [0.2, 0.25) is 0 Å². The molecule has 0 unspecified atom stereocenters. The molecule has 2 rings (SSSR count). The Hall–Kier alpha value is -2.44. The predicted octanol–water partition coefficient (Wildman–Crippen LogP) is 0.480. The third kappa shape index (κ3) is 2.62. The highest BCUT2D eigenvalue weighted by Gasteiger charge is 2.16. The van der Waals surface area contributed by atoms with Crippen molar-refractivity contribution in [2.45, 2.75) is 13.5 Å². The zero-order valence-electron chi connectivity index (χ0n) is 9.91. The van der Waals surface area contributed by atoms with E-state index in [4.69, 9.17) is 10.5 Å². The average molecular weight is 247 g/mol. The van der Waals surface area contributed by atoms with Gasteiger partial charge in [0, 0.05) is 18.6 Å². The maximum atomic E-state index is 11.5. The largest absolute Gasteiger partial charge is 0.461 e. The number of nitrogens with two attached hydrogens (primary N) is 1. The van der Waals surface area contributed by atoms with Crippen LogP contribution in [-0.4, -0.2) is 32.3 Å². The maximum Gasteiger partial charge on any atom is 0.361 e. The van der Waals surface area contributed by atoms with Gasteiger partial charge in [-0.2, -0.15) is 5.10 Å². The van der Waals surface area contributed by atoms with Gasteiger partial charge in [-0.25, -0.2) is 14.8 Å². The van der Waals surface area contributed by atoms with Crippen molar-refractivity contribution in [1.82, 2.24) is 19.7 Å². The number of carbonyl (C=O) groups excluding carboxylic acids is 1. The van der Waals surface area contributed by atoms with Gasteiger partial charge in [0.25, 0.3) is 0 Å². The summed E-state index contributed by atoms with van der Waals surface area (Å²) in [7, 11) is 0. The minimum Gasteiger partial charge on any atom is -0.461 e. The second kappa shape index (κ2) is 5.26. The number of aromatic nitrogens is 4. The first-order valence-electron chi connectivity index (χ1n) is 5.46. The fourth-order valence-electron chi connectivity index (χ4n) is 1.43. The zero-order chi connectivity index (χ0) is 13.0. The third-order valence-corrected chi connectivity index (χ3v) is 2.18. The van der Waals surface area contributed by atoms with Crippen LogP contribution in [0.1, 0.15) is 23.2 Å². The van der Waals surface area contributed by atoms with Gasteiger partial charge >= 0.3 is 5.97 Å². The molecule has 2 N–H and O–H groups in total. The van der Waals surface area contributed by atoms with Crippen LogP contribution < -0.4 is 5.73 Å². The molecule has 18 heavy (non-hydrogen) atoms. The molecule has 0 fully saturated rings. The Morgan fingerprint density at radius 2 is 2.17 bits per heavy atom. The van der Waals surface area contributed by atoms with E-state index in [1.54, 1.807) is 31.6 Å². The summed E-state index contributed by atoms with van der Waals surface area (Å²) in [6.45, 7) is 2.36. The Morgan fingerprint density at radius 3 is 2.83 bits per heavy atom. The van der Waals surface area contributed by atoms with Gasteiger partial charge in [0.15, 0.2) is 5.69 Å². The number of ether oxygens (including phenoxy) is 1. The summed E-state index contributed by atoms with van der Waals surface area (Å²) in [6.07, 6.45) is 4.84. The van der Waals surface area contributed by atoms with Crippen LogP contribution >= 0.6 is 0 Å². The normalized spacial score (nSPS) is 10.3. The first-order chi connectivity index (χ1) is 8.70. The lowest BCUT2D eigenvalue weighted by Gasteiger charge is -1.99. The highest BCUT2D eigenvalue weighted by atomic mass is 16.5. The van der Waals surface area contributed by atoms with Crippen LogP contribution in [0.15, 0.2) is 24.7 Å². The van der Waals surface area contributed by atoms with E-state index < -0.39 is 5.97 Å². The number of hydrogen-bond acceptors (Lipinski definition) is 6. The van der Waals surface area contributed by atoms with Crippen molar-refractivity contribution in [1.29, 1.82) is 0 Å². The molecule has 7 heteroatoms. The molecule has 0 saturated carbocycles. The molecule has 0 amide bonds. The third-order valence-electron chi connectivity index (χ3n) is 2.18. The molecule has 0 bridgehead atoms. The highest BCUT2D eigenvalue weighted by molar-refractivity contribution is 5.92. The molecular formula is C11H13N5O2. The van der Waals surface area contributed by atoms with E-state index in [0.29, 0.717) is 12.4 Å². The van der Waals surface area contributed by atoms with Crippen LogP contribution in [0, 0.1) is 0 Å². The molecule has 0 aliphatic heterocycles. The number of nitrogen functional groups attached to an aromatic ring is 1. The van der Waals surface area contributed by atoms with Crippen LogP contribution in [0.25, 0.3) is 0 Å². The number of carbonyl (C=O) groups is 1. The number of nitrogens with zero attached hydrogens (tertiary/aromatic N) is 4. The number of anilines is 1. The lowest BCUT2D eigenvalue weighted by atomic mass is 10.4. The van der Waals surface area contributed by atoms with Gasteiger partial charge in [-0.05, 0) is 13.0 Å². The Bertz CT molecular complexity index is 538. The van der Waals surface area contributed by atoms with Gasteiger partial charge in [-0.3, -0.25) is 4.68 Å². The number of rotatable bonds is 4. The molecular weight excluding hydrogens is 234 g/mol. The predicted molar refractivity (Wildman–Crippen MR) is 63.7 cm³/mol. The molecule has 0 radical (unpaired) electrons. The molecule has 0 aromatic carbocycles. The Kier molecular flexibility index (Phi) is 3.52. The van der Waals surface area contributed by atoms with E-state index in [2.05, 4.69) is 15.1 Å². The summed E-state index contributed by atoms with van der Waals surface area (Å²) in [5, 5.41) is 4.06. The van der Waals surface area contributed by atoms with Crippen LogP contribution in [0.3, 0.4) is 0 Å². The molecule has 7 nitrogen and oxygen atoms in total. The number of esters is 1. The molecule has 2 aromatic rings. The summed E-state index contributed by atoms with van der Waals surface area (Å²) in [6, 6.07) is 1.73. The summed E-state index contributed by atoms with van der Waals surface area (Å²) < 4.78 is 6.36. The van der Waals surface area contributed by atoms with Gasteiger partial charge < -0.3 is 10.5 Å². The fraction of sp³-hybridized carbons (Fsp3) is 0.273. The molecule has 0 aliphatic carbocycles. The molecule has 0 atom stereocenters. The Balaban J connectivity index is 2.16. The first kappa shape index (κ1) is 12.0. The summed E-state index contributed by atoms with van der Waals surface area (Å²) in [4.78, 5) is 19.7. The van der Waals surface area contributed by atoms with E-state index in [0.717, 1.165) is 0 Å². The second-order valence-electron chi connectivity index (χ2n) is 3.52. The van der Waals surface area contributed by atoms with E-state index >= 15 is 0 Å². The van der Waals surface area contributed by atoms with E-state index in [9.17, 15) is 4.79 Å². The first-order valence-corrected chi connectivity index (χ1v) is 5.46. The van der Waals surface area contributed by atoms with Gasteiger partial charge in [0.05, 0.1) is 12.3 Å². The SMILES string of the molecule is CCOC(=O)c1nn(Cc2ncccn2)cc1N. The zero-order valence-corrected chi connectivity index (χ0v) is 9.91. The van der Waals surface area contributed by atoms with Crippen molar-refractivity contribution in [2.75, 3.05) is 12.3 Å². The van der Waals surface area contributed by atoms with E-state index in [1.165, 1.54) is 4.68 Å². The van der Waals surface area contributed by atoms with Crippen molar-refractivity contribution in [2.24, 2.45) is 0 Å². The van der Waals surface area contributed by atoms with Crippen molar-refractivity contribution >= 4 is 11.7 Å². The number of hydrogen-bond donors (Lipinski definition) is 1. The smallest absolute Gasteiger partial charge is 0.361 e. The minimum absolute atomic E-state index is 0.118. The molecule has 0 aliphatic rings. The minimum atomic E-state index is -0.525. The van der Waals surface area contributed by atoms with Gasteiger partial charge in [0.1, 0.15) is 12.4 Å². The van der Waals surface area contributed by atoms with Crippen LogP contribution in [-0.2, 0) is 11.3 Å². The monoisotopic (exact) mass is 247 g/mol. The lowest BCUT2D eigenvalue weighted by molar-refractivity contribution is 0.0519. The van der Waals surface area contributed by atoms with E-state index in [-0.39, 0.29) is 18.0 Å². The van der Waals surface area contributed by atoms with Crippen LogP contribution in [0.4, 0.5) is 5.69 Å².